The van der Waals surface area contributed by atoms with Gasteiger partial charge in [0, 0.05) is 33.2 Å². The Morgan fingerprint density at radius 3 is 2.30 bits per heavy atom. The number of nitrogens with zero attached hydrogens (tertiary/aromatic N) is 2. The van der Waals surface area contributed by atoms with Crippen LogP contribution in [-0.4, -0.2) is 9.97 Å². The molecule has 0 saturated heterocycles. The van der Waals surface area contributed by atoms with Gasteiger partial charge in [-0.15, -0.1) is 0 Å². The molecular weight excluding hydrogens is 331 g/mol. The molecule has 0 radical (unpaired) electrons. The second-order valence-electron chi connectivity index (χ2n) is 4.99. The van der Waals surface area contributed by atoms with E-state index in [2.05, 4.69) is 20.6 Å². The summed E-state index contributed by atoms with van der Waals surface area (Å²) >= 11 is 11.9. The molecule has 2 aromatic carbocycles. The number of aromatic nitrogens is 2. The van der Waals surface area contributed by atoms with Crippen molar-refractivity contribution in [3.05, 3.63) is 70.3 Å². The number of halogens is 2. The summed E-state index contributed by atoms with van der Waals surface area (Å²) in [5.41, 5.74) is 2.59. The van der Waals surface area contributed by atoms with Gasteiger partial charge in [0.2, 0.25) is 5.95 Å². The highest BCUT2D eigenvalue weighted by molar-refractivity contribution is 6.31. The molecule has 6 heteroatoms. The van der Waals surface area contributed by atoms with Gasteiger partial charge < -0.3 is 10.6 Å². The average molecular weight is 345 g/mol. The fourth-order valence-electron chi connectivity index (χ4n) is 2.06. The van der Waals surface area contributed by atoms with Crippen molar-refractivity contribution in [2.24, 2.45) is 0 Å². The molecule has 0 amide bonds. The van der Waals surface area contributed by atoms with Crippen LogP contribution in [0.4, 0.5) is 23.1 Å². The second-order valence-corrected chi connectivity index (χ2v) is 5.86. The van der Waals surface area contributed by atoms with Crippen LogP contribution in [0.1, 0.15) is 5.69 Å². The lowest BCUT2D eigenvalue weighted by molar-refractivity contribution is 1.11. The van der Waals surface area contributed by atoms with Crippen molar-refractivity contribution in [3.63, 3.8) is 0 Å². The van der Waals surface area contributed by atoms with Gasteiger partial charge >= 0.3 is 0 Å². The van der Waals surface area contributed by atoms with Gasteiger partial charge in [-0.1, -0.05) is 29.3 Å². The smallest absolute Gasteiger partial charge is 0.229 e. The van der Waals surface area contributed by atoms with Crippen LogP contribution in [0, 0.1) is 6.92 Å². The lowest BCUT2D eigenvalue weighted by atomic mass is 10.3. The number of hydrogen-bond donors (Lipinski definition) is 2. The molecule has 0 aliphatic rings. The molecule has 0 aliphatic heterocycles. The molecule has 0 saturated carbocycles. The third-order valence-electron chi connectivity index (χ3n) is 3.05. The maximum Gasteiger partial charge on any atom is 0.229 e. The Kier molecular flexibility index (Phi) is 4.65. The van der Waals surface area contributed by atoms with E-state index < -0.39 is 0 Å². The predicted octanol–water partition coefficient (Wildman–Crippen LogP) is 5.58. The summed E-state index contributed by atoms with van der Waals surface area (Å²) in [6, 6.07) is 16.7. The highest BCUT2D eigenvalue weighted by atomic mass is 35.5. The third kappa shape index (κ3) is 4.34. The molecular formula is C17H14Cl2N4. The number of hydrogen-bond acceptors (Lipinski definition) is 4. The van der Waals surface area contributed by atoms with E-state index in [4.69, 9.17) is 23.2 Å². The molecule has 0 atom stereocenters. The van der Waals surface area contributed by atoms with Crippen molar-refractivity contribution in [1.82, 2.24) is 9.97 Å². The zero-order chi connectivity index (χ0) is 16.2. The zero-order valence-electron chi connectivity index (χ0n) is 12.3. The Morgan fingerprint density at radius 2 is 1.57 bits per heavy atom. The Bertz CT molecular complexity index is 819. The van der Waals surface area contributed by atoms with Crippen LogP contribution in [0.2, 0.25) is 10.0 Å². The van der Waals surface area contributed by atoms with E-state index in [1.807, 2.05) is 61.5 Å². The van der Waals surface area contributed by atoms with E-state index in [9.17, 15) is 0 Å². The molecule has 23 heavy (non-hydrogen) atoms. The fraction of sp³-hybridized carbons (Fsp3) is 0.0588. The van der Waals surface area contributed by atoms with Gasteiger partial charge in [0.25, 0.3) is 0 Å². The molecule has 0 unspecified atom stereocenters. The van der Waals surface area contributed by atoms with Crippen LogP contribution < -0.4 is 10.6 Å². The Morgan fingerprint density at radius 1 is 0.783 bits per heavy atom. The van der Waals surface area contributed by atoms with Crippen LogP contribution in [0.15, 0.2) is 54.6 Å². The van der Waals surface area contributed by atoms with Gasteiger partial charge in [0.05, 0.1) is 0 Å². The largest absolute Gasteiger partial charge is 0.340 e. The van der Waals surface area contributed by atoms with Crippen LogP contribution in [-0.2, 0) is 0 Å². The Balaban J connectivity index is 1.82. The molecule has 0 aliphatic carbocycles. The summed E-state index contributed by atoms with van der Waals surface area (Å²) in [5, 5.41) is 7.73. The SMILES string of the molecule is Cc1cc(Nc2ccc(Cl)cc2)nc(Nc2cccc(Cl)c2)n1. The average Bonchev–Trinajstić information content (AvgIpc) is 2.49. The second kappa shape index (κ2) is 6.86. The first kappa shape index (κ1) is 15.6. The highest BCUT2D eigenvalue weighted by Crippen LogP contribution is 2.22. The van der Waals surface area contributed by atoms with Crippen LogP contribution in [0.25, 0.3) is 0 Å². The van der Waals surface area contributed by atoms with Crippen molar-refractivity contribution < 1.29 is 0 Å². The lowest BCUT2D eigenvalue weighted by Crippen LogP contribution is -2.02. The van der Waals surface area contributed by atoms with Gasteiger partial charge in [-0.25, -0.2) is 4.98 Å². The number of benzene rings is 2. The number of anilines is 4. The van der Waals surface area contributed by atoms with Gasteiger partial charge in [0.15, 0.2) is 0 Å². The summed E-state index contributed by atoms with van der Waals surface area (Å²) in [5.74, 6) is 1.20. The third-order valence-corrected chi connectivity index (χ3v) is 3.54. The molecule has 1 aromatic heterocycles. The van der Waals surface area contributed by atoms with Crippen molar-refractivity contribution in [2.75, 3.05) is 10.6 Å². The minimum absolute atomic E-state index is 0.503. The van der Waals surface area contributed by atoms with Crippen molar-refractivity contribution in [3.8, 4) is 0 Å². The minimum atomic E-state index is 0.503. The van der Waals surface area contributed by atoms with Crippen molar-refractivity contribution in [1.29, 1.82) is 0 Å². The summed E-state index contributed by atoms with van der Waals surface area (Å²) in [6.07, 6.45) is 0. The summed E-state index contributed by atoms with van der Waals surface area (Å²) in [4.78, 5) is 8.85. The van der Waals surface area contributed by atoms with Crippen molar-refractivity contribution in [2.45, 2.75) is 6.92 Å². The van der Waals surface area contributed by atoms with Crippen LogP contribution in [0.5, 0.6) is 0 Å². The molecule has 3 aromatic rings. The first-order valence-corrected chi connectivity index (χ1v) is 7.75. The quantitative estimate of drug-likeness (QED) is 0.648. The van der Waals surface area contributed by atoms with E-state index >= 15 is 0 Å². The molecule has 0 fully saturated rings. The summed E-state index contributed by atoms with van der Waals surface area (Å²) in [6.45, 7) is 1.91. The van der Waals surface area contributed by atoms with E-state index in [0.717, 1.165) is 17.1 Å². The standard InChI is InChI=1S/C17H14Cl2N4/c1-11-9-16(21-14-7-5-12(18)6-8-14)23-17(20-11)22-15-4-2-3-13(19)10-15/h2-10H,1H3,(H2,20,21,22,23). The summed E-state index contributed by atoms with van der Waals surface area (Å²) in [7, 11) is 0. The molecule has 2 N–H and O–H groups in total. The lowest BCUT2D eigenvalue weighted by Gasteiger charge is -2.10. The highest BCUT2D eigenvalue weighted by Gasteiger charge is 2.04. The number of rotatable bonds is 4. The maximum atomic E-state index is 5.99. The van der Waals surface area contributed by atoms with Crippen molar-refractivity contribution >= 4 is 46.3 Å². The molecule has 0 bridgehead atoms. The fourth-order valence-corrected chi connectivity index (χ4v) is 2.38. The number of nitrogens with one attached hydrogen (secondary N) is 2. The van der Waals surface area contributed by atoms with Gasteiger partial charge in [-0.05, 0) is 49.4 Å². The van der Waals surface area contributed by atoms with Crippen LogP contribution in [0.3, 0.4) is 0 Å². The molecule has 0 spiro atoms. The number of aryl methyl sites for hydroxylation is 1. The first-order chi connectivity index (χ1) is 11.1. The normalized spacial score (nSPS) is 10.4. The minimum Gasteiger partial charge on any atom is -0.340 e. The van der Waals surface area contributed by atoms with Gasteiger partial charge in [-0.3, -0.25) is 0 Å². The molecule has 116 valence electrons. The maximum absolute atomic E-state index is 5.99. The Labute approximate surface area is 144 Å². The van der Waals surface area contributed by atoms with Gasteiger partial charge in [-0.2, -0.15) is 4.98 Å². The zero-order valence-corrected chi connectivity index (χ0v) is 13.9. The van der Waals surface area contributed by atoms with E-state index in [1.165, 1.54) is 0 Å². The Hall–Kier alpha value is -2.30. The van der Waals surface area contributed by atoms with Crippen LogP contribution >= 0.6 is 23.2 Å². The van der Waals surface area contributed by atoms with E-state index in [1.54, 1.807) is 0 Å². The first-order valence-electron chi connectivity index (χ1n) is 6.99. The van der Waals surface area contributed by atoms with Gasteiger partial charge in [0.1, 0.15) is 5.82 Å². The van der Waals surface area contributed by atoms with E-state index in [0.29, 0.717) is 21.8 Å². The monoisotopic (exact) mass is 344 g/mol. The van der Waals surface area contributed by atoms with E-state index in [-0.39, 0.29) is 0 Å². The molecule has 3 rings (SSSR count). The topological polar surface area (TPSA) is 49.8 Å². The summed E-state index contributed by atoms with van der Waals surface area (Å²) < 4.78 is 0. The molecule has 1 heterocycles. The molecule has 4 nitrogen and oxygen atoms in total. The predicted molar refractivity (Wildman–Crippen MR) is 96.2 cm³/mol.